The van der Waals surface area contributed by atoms with Gasteiger partial charge in [-0.1, -0.05) is 0 Å². The van der Waals surface area contributed by atoms with E-state index in [2.05, 4.69) is 4.72 Å². The molecule has 7 heteroatoms. The first-order chi connectivity index (χ1) is 10.4. The second-order valence-electron chi connectivity index (χ2n) is 5.52. The molecular weight excluding hydrogens is 304 g/mol. The average Bonchev–Trinajstić information content (AvgIpc) is 2.45. The molecule has 0 bridgehead atoms. The van der Waals surface area contributed by atoms with Crippen LogP contribution in [0.25, 0.3) is 0 Å². The van der Waals surface area contributed by atoms with E-state index in [4.69, 9.17) is 15.2 Å². The first-order valence-corrected chi connectivity index (χ1v) is 9.07. The molecule has 1 saturated carbocycles. The fraction of sp³-hybridized carbons (Fsp3) is 0.600. The molecule has 1 aromatic carbocycles. The summed E-state index contributed by atoms with van der Waals surface area (Å²) in [6.45, 7) is 4.88. The Morgan fingerprint density at radius 1 is 1.18 bits per heavy atom. The maximum Gasteiger partial charge on any atom is 0.240 e. The first-order valence-electron chi connectivity index (χ1n) is 7.58. The predicted molar refractivity (Wildman–Crippen MR) is 84.7 cm³/mol. The van der Waals surface area contributed by atoms with Gasteiger partial charge >= 0.3 is 0 Å². The second kappa shape index (κ2) is 6.85. The van der Waals surface area contributed by atoms with Crippen molar-refractivity contribution in [2.75, 3.05) is 19.8 Å². The van der Waals surface area contributed by atoms with Crippen molar-refractivity contribution in [3.8, 4) is 11.5 Å². The normalized spacial score (nSPS) is 16.9. The molecule has 0 spiro atoms. The van der Waals surface area contributed by atoms with Gasteiger partial charge in [0.1, 0.15) is 0 Å². The molecule has 1 aromatic rings. The largest absolute Gasteiger partial charge is 0.490 e. The van der Waals surface area contributed by atoms with Gasteiger partial charge in [-0.05, 0) is 45.2 Å². The van der Waals surface area contributed by atoms with E-state index in [9.17, 15) is 8.42 Å². The number of nitrogens with two attached hydrogens (primary N) is 1. The minimum Gasteiger partial charge on any atom is -0.490 e. The Morgan fingerprint density at radius 2 is 1.82 bits per heavy atom. The maximum absolute atomic E-state index is 12.4. The molecule has 1 fully saturated rings. The van der Waals surface area contributed by atoms with Gasteiger partial charge in [-0.2, -0.15) is 0 Å². The predicted octanol–water partition coefficient (Wildman–Crippen LogP) is 1.64. The molecule has 0 amide bonds. The Kier molecular flexibility index (Phi) is 5.31. The lowest BCUT2D eigenvalue weighted by Crippen LogP contribution is -2.54. The van der Waals surface area contributed by atoms with Gasteiger partial charge < -0.3 is 15.2 Å². The summed E-state index contributed by atoms with van der Waals surface area (Å²) in [4.78, 5) is 0.155. The van der Waals surface area contributed by atoms with Crippen LogP contribution in [0, 0.1) is 0 Å². The van der Waals surface area contributed by atoms with Crippen molar-refractivity contribution in [1.29, 1.82) is 0 Å². The van der Waals surface area contributed by atoms with Gasteiger partial charge in [-0.25, -0.2) is 13.1 Å². The Balaban J connectivity index is 2.17. The van der Waals surface area contributed by atoms with Crippen molar-refractivity contribution in [1.82, 2.24) is 4.72 Å². The molecular formula is C15H24N2O4S. The van der Waals surface area contributed by atoms with Crippen LogP contribution < -0.4 is 19.9 Å². The molecule has 0 atom stereocenters. The second-order valence-corrected chi connectivity index (χ2v) is 7.28. The van der Waals surface area contributed by atoms with Crippen molar-refractivity contribution < 1.29 is 17.9 Å². The van der Waals surface area contributed by atoms with E-state index in [1.54, 1.807) is 6.07 Å². The topological polar surface area (TPSA) is 90.7 Å². The molecule has 0 aromatic heterocycles. The summed E-state index contributed by atoms with van der Waals surface area (Å²) < 4.78 is 38.3. The van der Waals surface area contributed by atoms with Gasteiger partial charge in [0.05, 0.1) is 18.1 Å². The molecule has 22 heavy (non-hydrogen) atoms. The zero-order valence-corrected chi connectivity index (χ0v) is 13.9. The number of benzene rings is 1. The Hall–Kier alpha value is -1.31. The Labute approximate surface area is 132 Å². The smallest absolute Gasteiger partial charge is 0.240 e. The minimum absolute atomic E-state index is 0.155. The van der Waals surface area contributed by atoms with Crippen molar-refractivity contribution in [2.45, 2.75) is 43.5 Å². The highest BCUT2D eigenvalue weighted by Gasteiger charge is 2.33. The van der Waals surface area contributed by atoms with Crippen LogP contribution >= 0.6 is 0 Å². The maximum atomic E-state index is 12.4. The zero-order valence-electron chi connectivity index (χ0n) is 13.1. The summed E-state index contributed by atoms with van der Waals surface area (Å²) in [6.07, 6.45) is 2.75. The van der Waals surface area contributed by atoms with E-state index < -0.39 is 15.6 Å². The quantitative estimate of drug-likeness (QED) is 0.757. The summed E-state index contributed by atoms with van der Waals surface area (Å²) in [5.74, 6) is 0.968. The fourth-order valence-corrected chi connectivity index (χ4v) is 3.48. The molecule has 1 aliphatic carbocycles. The molecule has 2 rings (SSSR count). The van der Waals surface area contributed by atoms with Crippen LogP contribution in [-0.2, 0) is 10.0 Å². The number of hydrogen-bond acceptors (Lipinski definition) is 5. The Morgan fingerprint density at radius 3 is 2.36 bits per heavy atom. The highest BCUT2D eigenvalue weighted by Crippen LogP contribution is 2.31. The molecule has 1 aliphatic rings. The summed E-state index contributed by atoms with van der Waals surface area (Å²) in [6, 6.07) is 4.62. The van der Waals surface area contributed by atoms with Gasteiger partial charge in [0, 0.05) is 18.2 Å². The molecule has 0 unspecified atom stereocenters. The van der Waals surface area contributed by atoms with Crippen LogP contribution in [0.1, 0.15) is 33.1 Å². The number of rotatable bonds is 8. The summed E-state index contributed by atoms with van der Waals surface area (Å²) in [5, 5.41) is 0. The molecule has 6 nitrogen and oxygen atoms in total. The van der Waals surface area contributed by atoms with E-state index in [0.29, 0.717) is 24.7 Å². The van der Waals surface area contributed by atoms with Gasteiger partial charge in [0.2, 0.25) is 10.0 Å². The van der Waals surface area contributed by atoms with Crippen LogP contribution in [0.2, 0.25) is 0 Å². The number of nitrogens with one attached hydrogen (secondary N) is 1. The van der Waals surface area contributed by atoms with Crippen LogP contribution in [0.3, 0.4) is 0 Å². The van der Waals surface area contributed by atoms with Crippen molar-refractivity contribution in [3.05, 3.63) is 18.2 Å². The van der Waals surface area contributed by atoms with Gasteiger partial charge in [-0.15, -0.1) is 0 Å². The number of hydrogen-bond donors (Lipinski definition) is 2. The molecule has 3 N–H and O–H groups in total. The van der Waals surface area contributed by atoms with E-state index >= 15 is 0 Å². The van der Waals surface area contributed by atoms with Gasteiger partial charge in [-0.3, -0.25) is 0 Å². The lowest BCUT2D eigenvalue weighted by Gasteiger charge is -2.38. The lowest BCUT2D eigenvalue weighted by molar-refractivity contribution is 0.251. The van der Waals surface area contributed by atoms with Crippen LogP contribution in [0.5, 0.6) is 11.5 Å². The third-order valence-corrected chi connectivity index (χ3v) is 5.19. The van der Waals surface area contributed by atoms with Crippen LogP contribution in [0.4, 0.5) is 0 Å². The zero-order chi connectivity index (χ0) is 16.2. The average molecular weight is 328 g/mol. The van der Waals surface area contributed by atoms with E-state index in [0.717, 1.165) is 19.3 Å². The van der Waals surface area contributed by atoms with Gasteiger partial charge in [0.15, 0.2) is 11.5 Å². The van der Waals surface area contributed by atoms with Crippen molar-refractivity contribution >= 4 is 10.0 Å². The summed E-state index contributed by atoms with van der Waals surface area (Å²) in [7, 11) is -3.61. The van der Waals surface area contributed by atoms with Gasteiger partial charge in [0.25, 0.3) is 0 Å². The SMILES string of the molecule is CCOc1ccc(S(=O)(=O)NCC2(N)CCC2)cc1OCC. The van der Waals surface area contributed by atoms with Crippen LogP contribution in [0.15, 0.2) is 23.1 Å². The molecule has 0 radical (unpaired) electrons. The third-order valence-electron chi connectivity index (χ3n) is 3.79. The monoisotopic (exact) mass is 328 g/mol. The number of sulfonamides is 1. The van der Waals surface area contributed by atoms with Crippen LogP contribution in [-0.4, -0.2) is 33.7 Å². The first kappa shape index (κ1) is 17.1. The highest BCUT2D eigenvalue weighted by atomic mass is 32.2. The van der Waals surface area contributed by atoms with E-state index in [1.807, 2.05) is 13.8 Å². The standard InChI is InChI=1S/C15H24N2O4S/c1-3-20-13-7-6-12(10-14(13)21-4-2)22(18,19)17-11-15(16)8-5-9-15/h6-7,10,17H,3-5,8-9,11,16H2,1-2H3. The lowest BCUT2D eigenvalue weighted by atomic mass is 9.78. The van der Waals surface area contributed by atoms with Crippen molar-refractivity contribution in [3.63, 3.8) is 0 Å². The number of ether oxygens (including phenoxy) is 2. The molecule has 0 aliphatic heterocycles. The summed E-state index contributed by atoms with van der Waals surface area (Å²) in [5.41, 5.74) is 5.66. The van der Waals surface area contributed by atoms with E-state index in [1.165, 1.54) is 12.1 Å². The Bertz CT molecular complexity index is 612. The summed E-state index contributed by atoms with van der Waals surface area (Å²) >= 11 is 0. The third kappa shape index (κ3) is 3.91. The molecule has 0 saturated heterocycles. The van der Waals surface area contributed by atoms with Crippen molar-refractivity contribution in [2.24, 2.45) is 5.73 Å². The highest BCUT2D eigenvalue weighted by molar-refractivity contribution is 7.89. The fourth-order valence-electron chi connectivity index (χ4n) is 2.33. The molecule has 0 heterocycles. The minimum atomic E-state index is -3.61. The molecule has 124 valence electrons. The van der Waals surface area contributed by atoms with E-state index in [-0.39, 0.29) is 11.4 Å².